The number of rotatable bonds is 5. The summed E-state index contributed by atoms with van der Waals surface area (Å²) in [6.07, 6.45) is 6.85. The zero-order valence-electron chi connectivity index (χ0n) is 12.5. The van der Waals surface area contributed by atoms with Gasteiger partial charge in [-0.1, -0.05) is 30.9 Å². The Bertz CT molecular complexity index is 430. The van der Waals surface area contributed by atoms with Crippen molar-refractivity contribution in [3.8, 4) is 0 Å². The lowest BCUT2D eigenvalue weighted by Crippen LogP contribution is -2.41. The van der Waals surface area contributed by atoms with E-state index >= 15 is 0 Å². The molecule has 1 saturated carbocycles. The summed E-state index contributed by atoms with van der Waals surface area (Å²) in [6, 6.07) is 0. The molecule has 0 aromatic rings. The van der Waals surface area contributed by atoms with E-state index in [2.05, 4.69) is 13.2 Å². The minimum Gasteiger partial charge on any atom is -0.342 e. The van der Waals surface area contributed by atoms with Crippen LogP contribution in [0.4, 0.5) is 0 Å². The highest BCUT2D eigenvalue weighted by Gasteiger charge is 2.47. The lowest BCUT2D eigenvalue weighted by atomic mass is 9.96. The van der Waals surface area contributed by atoms with Gasteiger partial charge in [-0.2, -0.15) is 0 Å². The fraction of sp³-hybridized carbons (Fsp3) is 0.588. The van der Waals surface area contributed by atoms with Gasteiger partial charge in [-0.15, -0.1) is 0 Å². The van der Waals surface area contributed by atoms with Crippen molar-refractivity contribution in [2.75, 3.05) is 19.6 Å². The van der Waals surface area contributed by atoms with E-state index < -0.39 is 0 Å². The summed E-state index contributed by atoms with van der Waals surface area (Å²) >= 11 is 0. The molecule has 0 spiro atoms. The van der Waals surface area contributed by atoms with Gasteiger partial charge in [-0.25, -0.2) is 0 Å². The van der Waals surface area contributed by atoms with Gasteiger partial charge >= 0.3 is 0 Å². The average Bonchev–Trinajstić information content (AvgIpc) is 3.24. The molecule has 0 aromatic carbocycles. The summed E-state index contributed by atoms with van der Waals surface area (Å²) < 4.78 is 0. The molecular weight excluding hydrogens is 248 g/mol. The van der Waals surface area contributed by atoms with Gasteiger partial charge in [0.05, 0.1) is 0 Å². The first-order valence-corrected chi connectivity index (χ1v) is 7.55. The van der Waals surface area contributed by atoms with Crippen molar-refractivity contribution in [3.05, 3.63) is 36.5 Å². The number of nitrogens with two attached hydrogens (primary N) is 1. The zero-order valence-corrected chi connectivity index (χ0v) is 12.5. The summed E-state index contributed by atoms with van der Waals surface area (Å²) in [5.74, 6) is 1.43. The van der Waals surface area contributed by atoms with Gasteiger partial charge in [0.25, 0.3) is 0 Å². The van der Waals surface area contributed by atoms with E-state index in [9.17, 15) is 4.79 Å². The van der Waals surface area contributed by atoms with Crippen LogP contribution in [0.3, 0.4) is 0 Å². The summed E-state index contributed by atoms with van der Waals surface area (Å²) in [5, 5.41) is 0. The van der Waals surface area contributed by atoms with Crippen LogP contribution in [0.25, 0.3) is 0 Å². The second-order valence-corrected chi connectivity index (χ2v) is 6.09. The third-order valence-electron chi connectivity index (χ3n) is 4.56. The van der Waals surface area contributed by atoms with Crippen LogP contribution < -0.4 is 5.73 Å². The standard InChI is InChI=1S/C17H26N2O/c1-4-5-14(12(2)3)15-10-16(15)17(20)19-8-6-13(11-18)7-9-19/h4-5,13,15-16H,1-2,6-11,18H2,3H3/b14-5+. The highest BCUT2D eigenvalue weighted by Crippen LogP contribution is 2.47. The Labute approximate surface area is 122 Å². The van der Waals surface area contributed by atoms with Crippen LogP contribution in [0, 0.1) is 17.8 Å². The first-order chi connectivity index (χ1) is 9.58. The van der Waals surface area contributed by atoms with Gasteiger partial charge < -0.3 is 10.6 Å². The highest BCUT2D eigenvalue weighted by molar-refractivity contribution is 5.82. The monoisotopic (exact) mass is 274 g/mol. The second-order valence-electron chi connectivity index (χ2n) is 6.09. The predicted octanol–water partition coefficient (Wildman–Crippen LogP) is 2.51. The van der Waals surface area contributed by atoms with Gasteiger partial charge in [0.2, 0.25) is 5.91 Å². The highest BCUT2D eigenvalue weighted by atomic mass is 16.2. The maximum atomic E-state index is 12.5. The molecule has 1 amide bonds. The van der Waals surface area contributed by atoms with Crippen molar-refractivity contribution in [3.63, 3.8) is 0 Å². The van der Waals surface area contributed by atoms with Crippen molar-refractivity contribution in [2.45, 2.75) is 26.2 Å². The Hall–Kier alpha value is -1.35. The summed E-state index contributed by atoms with van der Waals surface area (Å²) in [5.41, 5.74) is 7.93. The normalized spacial score (nSPS) is 27.3. The first kappa shape index (κ1) is 15.0. The molecule has 0 bridgehead atoms. The Morgan fingerprint density at radius 3 is 2.50 bits per heavy atom. The molecule has 1 aliphatic carbocycles. The van der Waals surface area contributed by atoms with Crippen molar-refractivity contribution in [2.24, 2.45) is 23.5 Å². The van der Waals surface area contributed by atoms with E-state index in [0.29, 0.717) is 17.7 Å². The number of hydrogen-bond acceptors (Lipinski definition) is 2. The third kappa shape index (κ3) is 3.21. The van der Waals surface area contributed by atoms with Crippen LogP contribution in [0.15, 0.2) is 36.5 Å². The zero-order chi connectivity index (χ0) is 14.7. The first-order valence-electron chi connectivity index (χ1n) is 7.55. The molecule has 2 fully saturated rings. The molecule has 0 aromatic heterocycles. The number of likely N-dealkylation sites (tertiary alicyclic amines) is 1. The molecule has 2 N–H and O–H groups in total. The Morgan fingerprint density at radius 2 is 2.00 bits per heavy atom. The maximum Gasteiger partial charge on any atom is 0.226 e. The van der Waals surface area contributed by atoms with E-state index in [1.54, 1.807) is 6.08 Å². The van der Waals surface area contributed by atoms with Crippen molar-refractivity contribution < 1.29 is 4.79 Å². The van der Waals surface area contributed by atoms with Gasteiger partial charge in [-0.3, -0.25) is 4.79 Å². The summed E-state index contributed by atoms with van der Waals surface area (Å²) in [4.78, 5) is 14.5. The Balaban J connectivity index is 1.91. The minimum absolute atomic E-state index is 0.160. The smallest absolute Gasteiger partial charge is 0.226 e. The number of allylic oxidation sites excluding steroid dienone is 4. The average molecular weight is 274 g/mol. The lowest BCUT2D eigenvalue weighted by molar-refractivity contribution is -0.134. The molecule has 110 valence electrons. The molecule has 20 heavy (non-hydrogen) atoms. The second kappa shape index (κ2) is 6.40. The van der Waals surface area contributed by atoms with Crippen LogP contribution >= 0.6 is 0 Å². The number of amides is 1. The SMILES string of the molecule is C=C/C=C(\C(=C)C)C1CC1C(=O)N1CCC(CN)CC1. The van der Waals surface area contributed by atoms with E-state index in [-0.39, 0.29) is 5.92 Å². The van der Waals surface area contributed by atoms with Crippen LogP contribution in [0.5, 0.6) is 0 Å². The third-order valence-corrected chi connectivity index (χ3v) is 4.56. The molecule has 3 heteroatoms. The van der Waals surface area contributed by atoms with Crippen molar-refractivity contribution in [1.82, 2.24) is 4.90 Å². The molecular formula is C17H26N2O. The predicted molar refractivity (Wildman–Crippen MR) is 83.0 cm³/mol. The number of hydrogen-bond donors (Lipinski definition) is 1. The van der Waals surface area contributed by atoms with Gasteiger partial charge in [-0.05, 0) is 50.1 Å². The van der Waals surface area contributed by atoms with Gasteiger partial charge in [0.1, 0.15) is 0 Å². The van der Waals surface area contributed by atoms with Crippen LogP contribution in [0.2, 0.25) is 0 Å². The number of carbonyl (C=O) groups excluding carboxylic acids is 1. The van der Waals surface area contributed by atoms with E-state index in [0.717, 1.165) is 44.5 Å². The fourth-order valence-electron chi connectivity index (χ4n) is 3.14. The van der Waals surface area contributed by atoms with E-state index in [4.69, 9.17) is 5.73 Å². The molecule has 1 heterocycles. The largest absolute Gasteiger partial charge is 0.342 e. The molecule has 3 nitrogen and oxygen atoms in total. The molecule has 0 radical (unpaired) electrons. The summed E-state index contributed by atoms with van der Waals surface area (Å²) in [6.45, 7) is 12.2. The van der Waals surface area contributed by atoms with Crippen LogP contribution in [-0.4, -0.2) is 30.4 Å². The molecule has 1 saturated heterocycles. The molecule has 2 atom stereocenters. The van der Waals surface area contributed by atoms with Crippen molar-refractivity contribution in [1.29, 1.82) is 0 Å². The van der Waals surface area contributed by atoms with E-state index in [1.165, 1.54) is 5.57 Å². The molecule has 2 rings (SSSR count). The van der Waals surface area contributed by atoms with Crippen molar-refractivity contribution >= 4 is 5.91 Å². The number of piperidine rings is 1. The Morgan fingerprint density at radius 1 is 1.35 bits per heavy atom. The molecule has 1 aliphatic heterocycles. The Kier molecular flexibility index (Phi) is 4.81. The minimum atomic E-state index is 0.160. The molecule has 2 aliphatic rings. The molecule has 2 unspecified atom stereocenters. The lowest BCUT2D eigenvalue weighted by Gasteiger charge is -2.31. The number of carbonyl (C=O) groups is 1. The van der Waals surface area contributed by atoms with Gasteiger partial charge in [0.15, 0.2) is 0 Å². The number of nitrogens with zero attached hydrogens (tertiary/aromatic N) is 1. The van der Waals surface area contributed by atoms with Gasteiger partial charge in [0, 0.05) is 19.0 Å². The van der Waals surface area contributed by atoms with Crippen LogP contribution in [-0.2, 0) is 4.79 Å². The van der Waals surface area contributed by atoms with E-state index in [1.807, 2.05) is 17.9 Å². The maximum absolute atomic E-state index is 12.5. The quantitative estimate of drug-likeness (QED) is 0.783. The fourth-order valence-corrected chi connectivity index (χ4v) is 3.14. The summed E-state index contributed by atoms with van der Waals surface area (Å²) in [7, 11) is 0. The van der Waals surface area contributed by atoms with Crippen LogP contribution in [0.1, 0.15) is 26.2 Å². The topological polar surface area (TPSA) is 46.3 Å².